The number of anilines is 2. The van der Waals surface area contributed by atoms with Crippen LogP contribution >= 0.6 is 0 Å². The van der Waals surface area contributed by atoms with Crippen LogP contribution in [-0.4, -0.2) is 40.5 Å². The maximum atomic E-state index is 12.9. The van der Waals surface area contributed by atoms with Crippen molar-refractivity contribution < 1.29 is 9.53 Å². The first-order valence-electron chi connectivity index (χ1n) is 9.31. The second kappa shape index (κ2) is 8.65. The molecule has 1 N–H and O–H groups in total. The number of carbonyl (C=O) groups excluding carboxylic acids is 1. The van der Waals surface area contributed by atoms with Gasteiger partial charge in [-0.2, -0.15) is 0 Å². The molecule has 0 unspecified atom stereocenters. The summed E-state index contributed by atoms with van der Waals surface area (Å²) in [6, 6.07) is 9.42. The van der Waals surface area contributed by atoms with Crippen LogP contribution in [0.25, 0.3) is 0 Å². The first-order valence-corrected chi connectivity index (χ1v) is 9.31. The van der Waals surface area contributed by atoms with Crippen molar-refractivity contribution in [3.63, 3.8) is 0 Å². The number of para-hydroxylation sites is 2. The quantitative estimate of drug-likeness (QED) is 0.881. The van der Waals surface area contributed by atoms with Gasteiger partial charge in [0.15, 0.2) is 0 Å². The fourth-order valence-corrected chi connectivity index (χ4v) is 3.17. The number of benzene rings is 1. The lowest BCUT2D eigenvalue weighted by atomic mass is 10.2. The molecule has 0 bridgehead atoms. The average molecular weight is 354 g/mol. The summed E-state index contributed by atoms with van der Waals surface area (Å²) < 4.78 is 5.65. The molecular weight excluding hydrogens is 328 g/mol. The van der Waals surface area contributed by atoms with Gasteiger partial charge in [-0.15, -0.1) is 0 Å². The minimum Gasteiger partial charge on any atom is -0.492 e. The highest BCUT2D eigenvalue weighted by Gasteiger charge is 2.20. The van der Waals surface area contributed by atoms with E-state index in [1.807, 2.05) is 36.1 Å². The van der Waals surface area contributed by atoms with Gasteiger partial charge in [-0.3, -0.25) is 4.79 Å². The smallest absolute Gasteiger partial charge is 0.272 e. The molecule has 2 heterocycles. The van der Waals surface area contributed by atoms with Crippen LogP contribution in [0.2, 0.25) is 0 Å². The number of carbonyl (C=O) groups is 1. The number of rotatable bonds is 5. The van der Waals surface area contributed by atoms with E-state index < -0.39 is 0 Å². The first kappa shape index (κ1) is 18.2. The SMILES string of the molecule is CCOc1ccccc1Nc1cc(C(=O)N2CCCCCC2)nc(C)n1. The van der Waals surface area contributed by atoms with Crippen molar-refractivity contribution in [1.82, 2.24) is 14.9 Å². The molecule has 0 saturated carbocycles. The number of aryl methyl sites for hydroxylation is 1. The third-order valence-corrected chi connectivity index (χ3v) is 4.40. The molecule has 6 heteroatoms. The normalized spacial score (nSPS) is 14.6. The largest absolute Gasteiger partial charge is 0.492 e. The predicted octanol–water partition coefficient (Wildman–Crippen LogP) is 3.94. The maximum Gasteiger partial charge on any atom is 0.272 e. The van der Waals surface area contributed by atoms with E-state index in [4.69, 9.17) is 4.74 Å². The lowest BCUT2D eigenvalue weighted by Gasteiger charge is -2.20. The summed E-state index contributed by atoms with van der Waals surface area (Å²) in [4.78, 5) is 23.6. The van der Waals surface area contributed by atoms with E-state index in [9.17, 15) is 4.79 Å². The Labute approximate surface area is 154 Å². The minimum atomic E-state index is -0.0152. The van der Waals surface area contributed by atoms with E-state index in [1.54, 1.807) is 13.0 Å². The molecule has 6 nitrogen and oxygen atoms in total. The lowest BCUT2D eigenvalue weighted by Crippen LogP contribution is -2.32. The highest BCUT2D eigenvalue weighted by Crippen LogP contribution is 2.27. The third kappa shape index (κ3) is 4.50. The lowest BCUT2D eigenvalue weighted by molar-refractivity contribution is 0.0755. The van der Waals surface area contributed by atoms with Crippen LogP contribution in [0.3, 0.4) is 0 Å². The number of likely N-dealkylation sites (tertiary alicyclic amines) is 1. The molecule has 1 fully saturated rings. The molecule has 0 aliphatic carbocycles. The Kier molecular flexibility index (Phi) is 6.04. The summed E-state index contributed by atoms with van der Waals surface area (Å²) in [5.41, 5.74) is 1.26. The first-order chi connectivity index (χ1) is 12.7. The highest BCUT2D eigenvalue weighted by molar-refractivity contribution is 5.93. The molecule has 3 rings (SSSR count). The second-order valence-electron chi connectivity index (χ2n) is 6.45. The van der Waals surface area contributed by atoms with Crippen molar-refractivity contribution in [3.8, 4) is 5.75 Å². The summed E-state index contributed by atoms with van der Waals surface area (Å²) in [5.74, 6) is 1.91. The van der Waals surface area contributed by atoms with Gasteiger partial charge in [0, 0.05) is 19.2 Å². The Bertz CT molecular complexity index is 755. The van der Waals surface area contributed by atoms with E-state index in [1.165, 1.54) is 12.8 Å². The predicted molar refractivity (Wildman–Crippen MR) is 102 cm³/mol. The fraction of sp³-hybridized carbons (Fsp3) is 0.450. The molecule has 1 aliphatic rings. The fourth-order valence-electron chi connectivity index (χ4n) is 3.17. The summed E-state index contributed by atoms with van der Waals surface area (Å²) in [6.07, 6.45) is 4.49. The van der Waals surface area contributed by atoms with Crippen LogP contribution < -0.4 is 10.1 Å². The number of hydrogen-bond acceptors (Lipinski definition) is 5. The van der Waals surface area contributed by atoms with Crippen molar-refractivity contribution in [2.75, 3.05) is 25.0 Å². The standard InChI is InChI=1S/C20H26N4O2/c1-3-26-18-11-7-6-10-16(18)23-19-14-17(21-15(2)22-19)20(25)24-12-8-4-5-9-13-24/h6-7,10-11,14H,3-5,8-9,12-13H2,1-2H3,(H,21,22,23). The number of nitrogens with one attached hydrogen (secondary N) is 1. The maximum absolute atomic E-state index is 12.9. The van der Waals surface area contributed by atoms with Gasteiger partial charge >= 0.3 is 0 Å². The van der Waals surface area contributed by atoms with Crippen LogP contribution in [0.4, 0.5) is 11.5 Å². The Balaban J connectivity index is 1.82. The number of aromatic nitrogens is 2. The number of hydrogen-bond donors (Lipinski definition) is 1. The Hall–Kier alpha value is -2.63. The molecule has 1 aliphatic heterocycles. The number of amides is 1. The molecule has 26 heavy (non-hydrogen) atoms. The van der Waals surface area contributed by atoms with E-state index in [0.29, 0.717) is 23.9 Å². The molecule has 138 valence electrons. The summed E-state index contributed by atoms with van der Waals surface area (Å²) in [5, 5.41) is 3.26. The van der Waals surface area contributed by atoms with Gasteiger partial charge in [0.25, 0.3) is 5.91 Å². The number of ether oxygens (including phenoxy) is 1. The van der Waals surface area contributed by atoms with Gasteiger partial charge in [0.1, 0.15) is 23.1 Å². The molecule has 0 radical (unpaired) electrons. The van der Waals surface area contributed by atoms with E-state index in [0.717, 1.165) is 37.4 Å². The van der Waals surface area contributed by atoms with Crippen molar-refractivity contribution >= 4 is 17.4 Å². The van der Waals surface area contributed by atoms with Crippen LogP contribution in [0, 0.1) is 6.92 Å². The van der Waals surface area contributed by atoms with Crippen molar-refractivity contribution in [1.29, 1.82) is 0 Å². The van der Waals surface area contributed by atoms with E-state index in [2.05, 4.69) is 15.3 Å². The van der Waals surface area contributed by atoms with E-state index >= 15 is 0 Å². The van der Waals surface area contributed by atoms with Crippen LogP contribution in [0.5, 0.6) is 5.75 Å². The van der Waals surface area contributed by atoms with Crippen molar-refractivity contribution in [3.05, 3.63) is 41.9 Å². The Morgan fingerprint density at radius 2 is 1.88 bits per heavy atom. The Morgan fingerprint density at radius 1 is 1.15 bits per heavy atom. The Morgan fingerprint density at radius 3 is 2.62 bits per heavy atom. The molecular formula is C20H26N4O2. The molecule has 1 aromatic carbocycles. The second-order valence-corrected chi connectivity index (χ2v) is 6.45. The zero-order valence-electron chi connectivity index (χ0n) is 15.5. The zero-order chi connectivity index (χ0) is 18.4. The van der Waals surface area contributed by atoms with Gasteiger partial charge in [0.05, 0.1) is 12.3 Å². The summed E-state index contributed by atoms with van der Waals surface area (Å²) in [6.45, 7) is 5.94. The third-order valence-electron chi connectivity index (χ3n) is 4.40. The van der Waals surface area contributed by atoms with Gasteiger partial charge in [0.2, 0.25) is 0 Å². The average Bonchev–Trinajstić information content (AvgIpc) is 2.92. The van der Waals surface area contributed by atoms with Crippen molar-refractivity contribution in [2.45, 2.75) is 39.5 Å². The minimum absolute atomic E-state index is 0.0152. The molecule has 0 atom stereocenters. The van der Waals surface area contributed by atoms with E-state index in [-0.39, 0.29) is 5.91 Å². The van der Waals surface area contributed by atoms with Crippen molar-refractivity contribution in [2.24, 2.45) is 0 Å². The summed E-state index contributed by atoms with van der Waals surface area (Å²) in [7, 11) is 0. The zero-order valence-corrected chi connectivity index (χ0v) is 15.5. The summed E-state index contributed by atoms with van der Waals surface area (Å²) >= 11 is 0. The van der Waals surface area contributed by atoms with Crippen LogP contribution in [0.1, 0.15) is 48.9 Å². The van der Waals surface area contributed by atoms with Gasteiger partial charge in [-0.1, -0.05) is 25.0 Å². The topological polar surface area (TPSA) is 67.3 Å². The van der Waals surface area contributed by atoms with Gasteiger partial charge in [-0.05, 0) is 38.8 Å². The van der Waals surface area contributed by atoms with Crippen LogP contribution in [0.15, 0.2) is 30.3 Å². The van der Waals surface area contributed by atoms with Crippen LogP contribution in [-0.2, 0) is 0 Å². The molecule has 2 aromatic rings. The van der Waals surface area contributed by atoms with Gasteiger partial charge < -0.3 is 15.0 Å². The molecule has 1 aromatic heterocycles. The molecule has 1 saturated heterocycles. The highest BCUT2D eigenvalue weighted by atomic mass is 16.5. The molecule has 1 amide bonds. The monoisotopic (exact) mass is 354 g/mol. The van der Waals surface area contributed by atoms with Gasteiger partial charge in [-0.25, -0.2) is 9.97 Å². The number of nitrogens with zero attached hydrogens (tertiary/aromatic N) is 3. The molecule has 0 spiro atoms.